The molecule has 100 valence electrons. The van der Waals surface area contributed by atoms with Crippen LogP contribution in [-0.4, -0.2) is 55.4 Å². The summed E-state index contributed by atoms with van der Waals surface area (Å²) in [5.74, 6) is 1.17. The molecule has 1 fully saturated rings. The van der Waals surface area contributed by atoms with Crippen LogP contribution in [0.25, 0.3) is 0 Å². The normalized spacial score (nSPS) is 20.7. The number of amidine groups is 1. The molecule has 1 heterocycles. The van der Waals surface area contributed by atoms with Gasteiger partial charge in [0.25, 0.3) is 0 Å². The highest BCUT2D eigenvalue weighted by Crippen LogP contribution is 2.21. The number of hydrogen-bond donors (Lipinski definition) is 2. The second kappa shape index (κ2) is 6.97. The topological polar surface area (TPSA) is 56.4 Å². The van der Waals surface area contributed by atoms with E-state index in [0.717, 1.165) is 18.8 Å². The van der Waals surface area contributed by atoms with Crippen LogP contribution in [0, 0.1) is 11.3 Å². The average Bonchev–Trinajstić information content (AvgIpc) is 2.26. The van der Waals surface area contributed by atoms with Crippen molar-refractivity contribution in [2.75, 3.05) is 33.7 Å². The van der Waals surface area contributed by atoms with Gasteiger partial charge in [0.2, 0.25) is 0 Å². The molecule has 0 aliphatic carbocycles. The second-order valence-electron chi connectivity index (χ2n) is 5.53. The first-order valence-electron chi connectivity index (χ1n) is 6.74. The first-order chi connectivity index (χ1) is 8.02. The SMILES string of the molecule is CCC(CC(=N)N)N1CCC(CN(C)C)CC1. The molecular formula is C13H28N4. The lowest BCUT2D eigenvalue weighted by Gasteiger charge is -2.37. The molecule has 1 rings (SSSR count). The highest BCUT2D eigenvalue weighted by Gasteiger charge is 2.24. The molecule has 1 unspecified atom stereocenters. The van der Waals surface area contributed by atoms with Crippen molar-refractivity contribution in [3.8, 4) is 0 Å². The fourth-order valence-electron chi connectivity index (χ4n) is 2.80. The first-order valence-corrected chi connectivity index (χ1v) is 6.74. The van der Waals surface area contributed by atoms with E-state index in [0.29, 0.717) is 11.9 Å². The maximum atomic E-state index is 7.42. The number of nitrogens with zero attached hydrogens (tertiary/aromatic N) is 2. The Bertz CT molecular complexity index is 232. The second-order valence-corrected chi connectivity index (χ2v) is 5.53. The summed E-state index contributed by atoms with van der Waals surface area (Å²) in [6.45, 7) is 5.74. The lowest BCUT2D eigenvalue weighted by atomic mass is 9.94. The third-order valence-corrected chi connectivity index (χ3v) is 3.72. The van der Waals surface area contributed by atoms with Gasteiger partial charge in [-0.05, 0) is 52.4 Å². The van der Waals surface area contributed by atoms with Crippen LogP contribution in [0.4, 0.5) is 0 Å². The summed E-state index contributed by atoms with van der Waals surface area (Å²) in [6, 6.07) is 0.479. The molecule has 4 heteroatoms. The molecule has 1 saturated heterocycles. The van der Waals surface area contributed by atoms with E-state index in [2.05, 4.69) is 30.8 Å². The minimum Gasteiger partial charge on any atom is -0.388 e. The lowest BCUT2D eigenvalue weighted by Crippen LogP contribution is -2.44. The van der Waals surface area contributed by atoms with Gasteiger partial charge in [-0.1, -0.05) is 6.92 Å². The summed E-state index contributed by atoms with van der Waals surface area (Å²) >= 11 is 0. The Balaban J connectivity index is 2.36. The quantitative estimate of drug-likeness (QED) is 0.544. The predicted octanol–water partition coefficient (Wildman–Crippen LogP) is 1.36. The molecule has 0 spiro atoms. The molecule has 17 heavy (non-hydrogen) atoms. The minimum absolute atomic E-state index is 0.326. The summed E-state index contributed by atoms with van der Waals surface area (Å²) in [4.78, 5) is 4.81. The molecule has 1 aliphatic heterocycles. The zero-order chi connectivity index (χ0) is 12.8. The van der Waals surface area contributed by atoms with E-state index >= 15 is 0 Å². The first kappa shape index (κ1) is 14.5. The van der Waals surface area contributed by atoms with Crippen LogP contribution in [0.3, 0.4) is 0 Å². The van der Waals surface area contributed by atoms with Gasteiger partial charge in [0, 0.05) is 19.0 Å². The smallest absolute Gasteiger partial charge is 0.0921 e. The Labute approximate surface area is 106 Å². The molecule has 0 aromatic carbocycles. The van der Waals surface area contributed by atoms with Crippen molar-refractivity contribution >= 4 is 5.84 Å². The highest BCUT2D eigenvalue weighted by molar-refractivity contribution is 5.77. The van der Waals surface area contributed by atoms with Gasteiger partial charge >= 0.3 is 0 Å². The third-order valence-electron chi connectivity index (χ3n) is 3.72. The maximum absolute atomic E-state index is 7.42. The standard InChI is InChI=1S/C13H28N4/c1-4-12(9-13(14)15)17-7-5-11(6-8-17)10-16(2)3/h11-12H,4-10H2,1-3H3,(H3,14,15). The Morgan fingerprint density at radius 3 is 2.41 bits per heavy atom. The molecule has 0 saturated carbocycles. The lowest BCUT2D eigenvalue weighted by molar-refractivity contribution is 0.119. The molecule has 0 amide bonds. The van der Waals surface area contributed by atoms with Crippen LogP contribution in [0.1, 0.15) is 32.6 Å². The zero-order valence-corrected chi connectivity index (χ0v) is 11.6. The van der Waals surface area contributed by atoms with Gasteiger partial charge in [-0.15, -0.1) is 0 Å². The Morgan fingerprint density at radius 2 is 2.00 bits per heavy atom. The average molecular weight is 240 g/mol. The van der Waals surface area contributed by atoms with Crippen molar-refractivity contribution in [1.82, 2.24) is 9.80 Å². The van der Waals surface area contributed by atoms with Crippen molar-refractivity contribution < 1.29 is 0 Å². The molecular weight excluding hydrogens is 212 g/mol. The van der Waals surface area contributed by atoms with E-state index in [9.17, 15) is 0 Å². The van der Waals surface area contributed by atoms with Crippen LogP contribution >= 0.6 is 0 Å². The summed E-state index contributed by atoms with van der Waals surface area (Å²) in [5.41, 5.74) is 5.52. The summed E-state index contributed by atoms with van der Waals surface area (Å²) in [6.07, 6.45) is 4.39. The molecule has 0 aromatic heterocycles. The third kappa shape index (κ3) is 5.04. The number of nitrogens with one attached hydrogen (secondary N) is 1. The van der Waals surface area contributed by atoms with Gasteiger partial charge in [-0.25, -0.2) is 0 Å². The number of nitrogens with two attached hydrogens (primary N) is 1. The van der Waals surface area contributed by atoms with Crippen LogP contribution in [0.15, 0.2) is 0 Å². The van der Waals surface area contributed by atoms with Crippen LogP contribution in [0.5, 0.6) is 0 Å². The van der Waals surface area contributed by atoms with Gasteiger partial charge in [-0.3, -0.25) is 10.3 Å². The van der Waals surface area contributed by atoms with E-state index in [4.69, 9.17) is 11.1 Å². The van der Waals surface area contributed by atoms with E-state index in [1.54, 1.807) is 0 Å². The largest absolute Gasteiger partial charge is 0.388 e. The molecule has 0 radical (unpaired) electrons. The van der Waals surface area contributed by atoms with Crippen molar-refractivity contribution in [2.45, 2.75) is 38.6 Å². The maximum Gasteiger partial charge on any atom is 0.0921 e. The predicted molar refractivity (Wildman–Crippen MR) is 73.5 cm³/mol. The van der Waals surface area contributed by atoms with Crippen molar-refractivity contribution in [2.24, 2.45) is 11.7 Å². The number of rotatable bonds is 6. The molecule has 4 nitrogen and oxygen atoms in total. The molecule has 1 atom stereocenters. The van der Waals surface area contributed by atoms with E-state index in [1.165, 1.54) is 32.5 Å². The number of piperidine rings is 1. The van der Waals surface area contributed by atoms with E-state index in [1.807, 2.05) is 0 Å². The van der Waals surface area contributed by atoms with Crippen LogP contribution in [0.2, 0.25) is 0 Å². The van der Waals surface area contributed by atoms with Crippen molar-refractivity contribution in [3.05, 3.63) is 0 Å². The van der Waals surface area contributed by atoms with Gasteiger partial charge in [0.05, 0.1) is 5.84 Å². The number of hydrogen-bond acceptors (Lipinski definition) is 3. The van der Waals surface area contributed by atoms with Gasteiger partial charge < -0.3 is 10.6 Å². The molecule has 1 aliphatic rings. The minimum atomic E-state index is 0.326. The van der Waals surface area contributed by atoms with E-state index < -0.39 is 0 Å². The van der Waals surface area contributed by atoms with Crippen LogP contribution in [-0.2, 0) is 0 Å². The summed E-state index contributed by atoms with van der Waals surface area (Å²) in [5, 5.41) is 7.42. The zero-order valence-electron chi connectivity index (χ0n) is 11.6. The number of likely N-dealkylation sites (tertiary alicyclic amines) is 1. The van der Waals surface area contributed by atoms with Crippen molar-refractivity contribution in [3.63, 3.8) is 0 Å². The van der Waals surface area contributed by atoms with Crippen molar-refractivity contribution in [1.29, 1.82) is 5.41 Å². The molecule has 3 N–H and O–H groups in total. The monoisotopic (exact) mass is 240 g/mol. The Hall–Kier alpha value is -0.610. The van der Waals surface area contributed by atoms with E-state index in [-0.39, 0.29) is 0 Å². The van der Waals surface area contributed by atoms with Gasteiger partial charge in [0.1, 0.15) is 0 Å². The summed E-state index contributed by atoms with van der Waals surface area (Å²) < 4.78 is 0. The fraction of sp³-hybridized carbons (Fsp3) is 0.923. The fourth-order valence-corrected chi connectivity index (χ4v) is 2.80. The van der Waals surface area contributed by atoms with Crippen LogP contribution < -0.4 is 5.73 Å². The molecule has 0 aromatic rings. The Kier molecular flexibility index (Phi) is 5.92. The summed E-state index contributed by atoms with van der Waals surface area (Å²) in [7, 11) is 4.30. The molecule has 0 bridgehead atoms. The Morgan fingerprint density at radius 1 is 1.41 bits per heavy atom. The van der Waals surface area contributed by atoms with Gasteiger partial charge in [0.15, 0.2) is 0 Å². The van der Waals surface area contributed by atoms with Gasteiger partial charge in [-0.2, -0.15) is 0 Å². The highest BCUT2D eigenvalue weighted by atomic mass is 15.2.